The van der Waals surface area contributed by atoms with Gasteiger partial charge in [-0.25, -0.2) is 0 Å². The maximum Gasteiger partial charge on any atom is 0.243 e. The van der Waals surface area contributed by atoms with Crippen LogP contribution in [0.5, 0.6) is 0 Å². The van der Waals surface area contributed by atoms with Crippen LogP contribution in [0.15, 0.2) is 30.3 Å². The van der Waals surface area contributed by atoms with Crippen molar-refractivity contribution in [2.24, 2.45) is 17.8 Å². The smallest absolute Gasteiger partial charge is 0.243 e. The van der Waals surface area contributed by atoms with Crippen molar-refractivity contribution in [2.75, 3.05) is 20.1 Å². The quantitative estimate of drug-likeness (QED) is 0.167. The molecule has 0 aromatic heterocycles. The van der Waals surface area contributed by atoms with Crippen LogP contribution in [-0.4, -0.2) is 94.2 Å². The molecule has 274 valence electrons. The van der Waals surface area contributed by atoms with Gasteiger partial charge in [-0.15, -0.1) is 12.3 Å². The molecule has 0 bridgehead atoms. The van der Waals surface area contributed by atoms with Crippen LogP contribution in [0.4, 0.5) is 0 Å². The molecule has 2 aliphatic rings. The van der Waals surface area contributed by atoms with Crippen LogP contribution in [0, 0.1) is 30.1 Å². The van der Waals surface area contributed by atoms with Crippen LogP contribution in [0.25, 0.3) is 0 Å². The monoisotopic (exact) mass is 680 g/mol. The number of nitrogens with zero attached hydrogens (tertiary/aromatic N) is 2. The van der Waals surface area contributed by atoms with Crippen molar-refractivity contribution in [1.29, 1.82) is 0 Å². The van der Waals surface area contributed by atoms with Crippen molar-refractivity contribution < 1.29 is 24.6 Å². The molecule has 1 heterocycles. The number of nitrogens with one attached hydrogen (secondary N) is 2. The summed E-state index contributed by atoms with van der Waals surface area (Å²) in [7, 11) is 1.79. The van der Waals surface area contributed by atoms with Crippen molar-refractivity contribution in [3.05, 3.63) is 35.9 Å². The van der Waals surface area contributed by atoms with Crippen LogP contribution in [-0.2, 0) is 20.8 Å². The highest BCUT2D eigenvalue weighted by Crippen LogP contribution is 2.29. The highest BCUT2D eigenvalue weighted by molar-refractivity contribution is 5.91. The zero-order valence-corrected chi connectivity index (χ0v) is 30.8. The van der Waals surface area contributed by atoms with Crippen LogP contribution < -0.4 is 10.6 Å². The lowest BCUT2D eigenvalue weighted by molar-refractivity contribution is -0.137. The number of aliphatic hydroxyl groups is 2. The molecular formula is C40H64N4O5. The Morgan fingerprint density at radius 2 is 1.61 bits per heavy atom. The van der Waals surface area contributed by atoms with Gasteiger partial charge in [-0.2, -0.15) is 0 Å². The summed E-state index contributed by atoms with van der Waals surface area (Å²) in [5, 5.41) is 27.9. The fourth-order valence-electron chi connectivity index (χ4n) is 7.68. The van der Waals surface area contributed by atoms with E-state index in [0.29, 0.717) is 43.8 Å². The molecule has 1 saturated heterocycles. The summed E-state index contributed by atoms with van der Waals surface area (Å²) in [4.78, 5) is 45.4. The Morgan fingerprint density at radius 3 is 2.22 bits per heavy atom. The molecule has 49 heavy (non-hydrogen) atoms. The number of carbonyl (C=O) groups excluding carboxylic acids is 3. The van der Waals surface area contributed by atoms with Crippen LogP contribution in [0.2, 0.25) is 0 Å². The first kappa shape index (κ1) is 40.5. The van der Waals surface area contributed by atoms with E-state index in [1.165, 1.54) is 12.8 Å². The third-order valence-corrected chi connectivity index (χ3v) is 10.7. The third-order valence-electron chi connectivity index (χ3n) is 10.7. The minimum absolute atomic E-state index is 0.00284. The molecule has 1 saturated carbocycles. The van der Waals surface area contributed by atoms with Crippen molar-refractivity contribution in [3.63, 3.8) is 0 Å². The lowest BCUT2D eigenvalue weighted by Gasteiger charge is -2.39. The minimum atomic E-state index is -1.15. The third kappa shape index (κ3) is 13.4. The summed E-state index contributed by atoms with van der Waals surface area (Å²) < 4.78 is 0. The summed E-state index contributed by atoms with van der Waals surface area (Å²) in [6.45, 7) is 9.80. The Labute approximate surface area is 296 Å². The van der Waals surface area contributed by atoms with Crippen LogP contribution >= 0.6 is 0 Å². The maximum atomic E-state index is 13.9. The van der Waals surface area contributed by atoms with Gasteiger partial charge in [-0.05, 0) is 63.4 Å². The largest absolute Gasteiger partial charge is 0.390 e. The van der Waals surface area contributed by atoms with Gasteiger partial charge in [-0.1, -0.05) is 82.7 Å². The van der Waals surface area contributed by atoms with Gasteiger partial charge < -0.3 is 25.7 Å². The second-order valence-corrected chi connectivity index (χ2v) is 15.3. The Kier molecular flexibility index (Phi) is 17.1. The summed E-state index contributed by atoms with van der Waals surface area (Å²) in [6.07, 6.45) is 13.8. The molecule has 3 rings (SSSR count). The number of likely N-dealkylation sites (N-methyl/N-ethyl adjacent to an activating group) is 1. The Morgan fingerprint density at radius 1 is 0.959 bits per heavy atom. The van der Waals surface area contributed by atoms with Crippen LogP contribution in [0.1, 0.15) is 110 Å². The number of hydrogen-bond donors (Lipinski definition) is 4. The van der Waals surface area contributed by atoms with Gasteiger partial charge in [0.05, 0.1) is 18.1 Å². The van der Waals surface area contributed by atoms with E-state index in [9.17, 15) is 24.6 Å². The maximum absolute atomic E-state index is 13.9. The van der Waals surface area contributed by atoms with Gasteiger partial charge in [0.2, 0.25) is 17.7 Å². The van der Waals surface area contributed by atoms with Gasteiger partial charge in [0.15, 0.2) is 0 Å². The van der Waals surface area contributed by atoms with E-state index >= 15 is 0 Å². The average Bonchev–Trinajstić information content (AvgIpc) is 3.07. The molecule has 0 radical (unpaired) electrons. The summed E-state index contributed by atoms with van der Waals surface area (Å²) >= 11 is 0. The average molecular weight is 681 g/mol. The molecule has 3 amide bonds. The van der Waals surface area contributed by atoms with Crippen molar-refractivity contribution in [3.8, 4) is 12.3 Å². The van der Waals surface area contributed by atoms with Gasteiger partial charge in [0.25, 0.3) is 0 Å². The highest BCUT2D eigenvalue weighted by atomic mass is 16.3. The molecule has 9 heteroatoms. The van der Waals surface area contributed by atoms with Gasteiger partial charge in [0.1, 0.15) is 12.1 Å². The number of aliphatic hydroxyl groups excluding tert-OH is 2. The van der Waals surface area contributed by atoms with E-state index in [4.69, 9.17) is 6.42 Å². The molecule has 1 aromatic rings. The van der Waals surface area contributed by atoms with E-state index in [-0.39, 0.29) is 24.7 Å². The summed E-state index contributed by atoms with van der Waals surface area (Å²) in [5.41, 5.74) is 0.918. The number of rotatable bonds is 18. The standard InChI is InChI=1S/C40H64N4O5/c1-7-15-34(40(49)42-35(26-32-20-12-9-13-21-32)38(47)36(45)24-28(2)3)41-39(48)33(25-31-18-10-8-11-19-31)27-37(46)43(6)22-23-44-29(4)16-14-17-30(44)5/h1,8,10-11,18-19,28-30,32-36,38,45,47H,9,12-17,20-27H2,2-6H3,(H,41,48)(H,42,49)/t29?,30?,33?,34-,35-,36-,38+/m0/s1. The lowest BCUT2D eigenvalue weighted by Crippen LogP contribution is -2.56. The van der Waals surface area contributed by atoms with Crippen LogP contribution in [0.3, 0.4) is 0 Å². The molecule has 1 aliphatic carbocycles. The SMILES string of the molecule is C#CC[C@H](NC(=O)C(CC(=O)N(C)CCN1C(C)CCCC1C)Cc1ccccc1)C(=O)N[C@@H](CC1CCCCC1)[C@@H](O)[C@@H](O)CC(C)C. The number of benzene rings is 1. The zero-order chi connectivity index (χ0) is 35.9. The van der Waals surface area contributed by atoms with Gasteiger partial charge in [-0.3, -0.25) is 19.3 Å². The molecule has 3 unspecified atom stereocenters. The van der Waals surface area contributed by atoms with E-state index in [1.807, 2.05) is 44.2 Å². The summed E-state index contributed by atoms with van der Waals surface area (Å²) in [6, 6.07) is 8.80. The summed E-state index contributed by atoms with van der Waals surface area (Å²) in [5.74, 6) is 1.28. The molecule has 9 nitrogen and oxygen atoms in total. The lowest BCUT2D eigenvalue weighted by atomic mass is 9.82. The van der Waals surface area contributed by atoms with Gasteiger partial charge >= 0.3 is 0 Å². The Balaban J connectivity index is 1.72. The zero-order valence-electron chi connectivity index (χ0n) is 30.8. The molecule has 1 aromatic carbocycles. The molecular weight excluding hydrogens is 616 g/mol. The predicted molar refractivity (Wildman–Crippen MR) is 195 cm³/mol. The number of piperidine rings is 1. The van der Waals surface area contributed by atoms with Crippen molar-refractivity contribution in [2.45, 2.75) is 148 Å². The Hall–Kier alpha value is -2.93. The molecule has 2 fully saturated rings. The predicted octanol–water partition coefficient (Wildman–Crippen LogP) is 4.69. The highest BCUT2D eigenvalue weighted by Gasteiger charge is 2.34. The minimum Gasteiger partial charge on any atom is -0.390 e. The number of likely N-dealkylation sites (tertiary alicyclic amines) is 1. The second kappa shape index (κ2) is 20.7. The normalized spacial score (nSPS) is 21.9. The molecule has 4 N–H and O–H groups in total. The molecule has 1 aliphatic heterocycles. The second-order valence-electron chi connectivity index (χ2n) is 15.3. The number of hydrogen-bond acceptors (Lipinski definition) is 6. The van der Waals surface area contributed by atoms with Crippen molar-refractivity contribution >= 4 is 17.7 Å². The molecule has 0 spiro atoms. The fourth-order valence-corrected chi connectivity index (χ4v) is 7.68. The first-order valence-corrected chi connectivity index (χ1v) is 18.8. The van der Waals surface area contributed by atoms with Crippen molar-refractivity contribution in [1.82, 2.24) is 20.4 Å². The van der Waals surface area contributed by atoms with E-state index < -0.39 is 42.0 Å². The Bertz CT molecular complexity index is 1190. The number of amides is 3. The first-order chi connectivity index (χ1) is 23.4. The number of carbonyl (C=O) groups is 3. The first-order valence-electron chi connectivity index (χ1n) is 18.8. The van der Waals surface area contributed by atoms with E-state index in [2.05, 4.69) is 35.3 Å². The van der Waals surface area contributed by atoms with E-state index in [0.717, 1.165) is 50.6 Å². The topological polar surface area (TPSA) is 122 Å². The number of terminal acetylenes is 1. The van der Waals surface area contributed by atoms with Gasteiger partial charge in [0, 0.05) is 45.1 Å². The molecule has 7 atom stereocenters. The van der Waals surface area contributed by atoms with E-state index in [1.54, 1.807) is 11.9 Å². The fraction of sp³-hybridized carbons (Fsp3) is 0.725.